The standard InChI is InChI=1S/C27H41N3O6S/c1-5-10-29(12-11-28-13-16-35-17-14-28)24(33)22-27-9-8-26(4,37-27)21(25(34)36-15-6-2)20(27)23(32)30(22)19(7-3)18-31/h5-6,19-22,31H,1-2,7-18H2,3-4H3/t19-,20-,21+,22?,26-,27?/m0/s1. The highest BCUT2D eigenvalue weighted by molar-refractivity contribution is 8.02. The predicted molar refractivity (Wildman–Crippen MR) is 142 cm³/mol. The second-order valence-electron chi connectivity index (χ2n) is 10.7. The second kappa shape index (κ2) is 11.5. The smallest absolute Gasteiger partial charge is 0.311 e. The van der Waals surface area contributed by atoms with Gasteiger partial charge in [0.05, 0.1) is 42.4 Å². The van der Waals surface area contributed by atoms with Crippen LogP contribution in [0.5, 0.6) is 0 Å². The SMILES string of the molecule is C=CCOC(=O)[C@H]1[C@H]2C(=O)N([C@@H](CC)CO)C(C(=O)N(CC=C)CCN3CCOCC3)C23CC[C@]1(C)S3. The van der Waals surface area contributed by atoms with E-state index in [1.807, 2.05) is 13.8 Å². The van der Waals surface area contributed by atoms with E-state index in [9.17, 15) is 19.5 Å². The summed E-state index contributed by atoms with van der Waals surface area (Å²) in [4.78, 5) is 47.5. The molecule has 4 saturated heterocycles. The number of morpholine rings is 1. The summed E-state index contributed by atoms with van der Waals surface area (Å²) in [5.41, 5.74) is 0. The molecule has 6 atom stereocenters. The molecule has 0 aromatic carbocycles. The first-order valence-electron chi connectivity index (χ1n) is 13.4. The molecule has 1 N–H and O–H groups in total. The van der Waals surface area contributed by atoms with E-state index in [0.717, 1.165) is 19.5 Å². The molecule has 2 bridgehead atoms. The van der Waals surface area contributed by atoms with E-state index in [-0.39, 0.29) is 25.0 Å². The number of esters is 1. The molecular formula is C27H41N3O6S. The van der Waals surface area contributed by atoms with E-state index < -0.39 is 39.4 Å². The lowest BCUT2D eigenvalue weighted by molar-refractivity contribution is -0.155. The number of rotatable bonds is 12. The quantitative estimate of drug-likeness (QED) is 0.295. The van der Waals surface area contributed by atoms with Crippen molar-refractivity contribution in [2.45, 2.75) is 54.7 Å². The monoisotopic (exact) mass is 535 g/mol. The van der Waals surface area contributed by atoms with Crippen LogP contribution in [0.25, 0.3) is 0 Å². The number of aliphatic hydroxyl groups is 1. The zero-order valence-corrected chi connectivity index (χ0v) is 22.9. The lowest BCUT2D eigenvalue weighted by atomic mass is 9.66. The fourth-order valence-corrected chi connectivity index (χ4v) is 9.07. The molecule has 9 nitrogen and oxygen atoms in total. The van der Waals surface area contributed by atoms with Crippen LogP contribution >= 0.6 is 11.8 Å². The fourth-order valence-electron chi connectivity index (χ4n) is 6.75. The van der Waals surface area contributed by atoms with Gasteiger partial charge < -0.3 is 24.4 Å². The van der Waals surface area contributed by atoms with Crippen molar-refractivity contribution in [1.29, 1.82) is 0 Å². The van der Waals surface area contributed by atoms with Gasteiger partial charge in [-0.15, -0.1) is 18.3 Å². The molecule has 2 amide bonds. The van der Waals surface area contributed by atoms with Crippen LogP contribution in [-0.4, -0.2) is 118 Å². The maximum atomic E-state index is 14.4. The first-order chi connectivity index (χ1) is 17.8. The second-order valence-corrected chi connectivity index (χ2v) is 12.6. The molecular weight excluding hydrogens is 494 g/mol. The lowest BCUT2D eigenvalue weighted by Gasteiger charge is -2.40. The number of thioether (sulfide) groups is 1. The third kappa shape index (κ3) is 4.86. The van der Waals surface area contributed by atoms with Gasteiger partial charge in [-0.3, -0.25) is 19.3 Å². The Hall–Kier alpha value is -1.88. The molecule has 0 radical (unpaired) electrons. The van der Waals surface area contributed by atoms with Gasteiger partial charge in [0, 0.05) is 37.5 Å². The van der Waals surface area contributed by atoms with Crippen molar-refractivity contribution in [3.8, 4) is 0 Å². The van der Waals surface area contributed by atoms with Gasteiger partial charge in [-0.25, -0.2) is 0 Å². The van der Waals surface area contributed by atoms with Crippen molar-refractivity contribution >= 4 is 29.5 Å². The molecule has 4 heterocycles. The molecule has 4 rings (SSSR count). The largest absolute Gasteiger partial charge is 0.461 e. The predicted octanol–water partition coefficient (Wildman–Crippen LogP) is 1.31. The Kier molecular flexibility index (Phi) is 8.72. The van der Waals surface area contributed by atoms with Crippen molar-refractivity contribution in [3.63, 3.8) is 0 Å². The van der Waals surface area contributed by atoms with Gasteiger partial charge in [0.1, 0.15) is 12.6 Å². The summed E-state index contributed by atoms with van der Waals surface area (Å²) in [5, 5.41) is 10.2. The molecule has 0 aromatic heterocycles. The van der Waals surface area contributed by atoms with E-state index in [4.69, 9.17) is 9.47 Å². The Morgan fingerprint density at radius 3 is 2.65 bits per heavy atom. The van der Waals surface area contributed by atoms with Crippen molar-refractivity contribution < 1.29 is 29.0 Å². The normalized spacial score (nSPS) is 33.8. The van der Waals surface area contributed by atoms with E-state index in [0.29, 0.717) is 45.7 Å². The van der Waals surface area contributed by atoms with Crippen LogP contribution in [0.2, 0.25) is 0 Å². The number of hydrogen-bond acceptors (Lipinski definition) is 8. The number of aliphatic hydroxyl groups excluding tert-OH is 1. The van der Waals surface area contributed by atoms with Gasteiger partial charge in [-0.2, -0.15) is 0 Å². The van der Waals surface area contributed by atoms with Crippen LogP contribution < -0.4 is 0 Å². The van der Waals surface area contributed by atoms with Crippen LogP contribution in [-0.2, 0) is 23.9 Å². The summed E-state index contributed by atoms with van der Waals surface area (Å²) in [6, 6.07) is -1.25. The molecule has 0 aromatic rings. The van der Waals surface area contributed by atoms with Gasteiger partial charge in [0.25, 0.3) is 0 Å². The van der Waals surface area contributed by atoms with Crippen molar-refractivity contribution in [1.82, 2.24) is 14.7 Å². The van der Waals surface area contributed by atoms with Gasteiger partial charge in [0.2, 0.25) is 11.8 Å². The first-order valence-corrected chi connectivity index (χ1v) is 14.2. The van der Waals surface area contributed by atoms with Crippen LogP contribution in [0, 0.1) is 11.8 Å². The average molecular weight is 536 g/mol. The molecule has 2 unspecified atom stereocenters. The first kappa shape index (κ1) is 28.1. The highest BCUT2D eigenvalue weighted by Gasteiger charge is 2.78. The zero-order valence-electron chi connectivity index (χ0n) is 22.1. The van der Waals surface area contributed by atoms with Crippen molar-refractivity contribution in [2.75, 3.05) is 59.2 Å². The zero-order chi connectivity index (χ0) is 26.8. The summed E-state index contributed by atoms with van der Waals surface area (Å²) in [6.07, 6.45) is 5.13. The number of ether oxygens (including phenoxy) is 2. The van der Waals surface area contributed by atoms with Crippen LogP contribution in [0.4, 0.5) is 0 Å². The number of carbonyl (C=O) groups excluding carboxylic acids is 3. The van der Waals surface area contributed by atoms with Gasteiger partial charge >= 0.3 is 5.97 Å². The van der Waals surface area contributed by atoms with E-state index in [1.165, 1.54) is 6.08 Å². The Balaban J connectivity index is 1.68. The third-order valence-electron chi connectivity index (χ3n) is 8.57. The molecule has 37 heavy (non-hydrogen) atoms. The Morgan fingerprint density at radius 2 is 2.03 bits per heavy atom. The summed E-state index contributed by atoms with van der Waals surface area (Å²) in [5.74, 6) is -2.06. The highest BCUT2D eigenvalue weighted by atomic mass is 32.2. The molecule has 0 aliphatic carbocycles. The number of nitrogens with zero attached hydrogens (tertiary/aromatic N) is 3. The maximum Gasteiger partial charge on any atom is 0.311 e. The summed E-state index contributed by atoms with van der Waals surface area (Å²) >= 11 is 1.61. The minimum atomic E-state index is -0.754. The number of amides is 2. The average Bonchev–Trinajstić information content (AvgIpc) is 3.47. The summed E-state index contributed by atoms with van der Waals surface area (Å²) < 4.78 is 9.70. The molecule has 0 saturated carbocycles. The minimum Gasteiger partial charge on any atom is -0.461 e. The van der Waals surface area contributed by atoms with Crippen molar-refractivity contribution in [3.05, 3.63) is 25.3 Å². The third-order valence-corrected chi connectivity index (χ3v) is 10.6. The topological polar surface area (TPSA) is 99.6 Å². The lowest BCUT2D eigenvalue weighted by Crippen LogP contribution is -2.58. The van der Waals surface area contributed by atoms with Gasteiger partial charge in [-0.1, -0.05) is 25.7 Å². The Labute approximate surface area is 224 Å². The highest BCUT2D eigenvalue weighted by Crippen LogP contribution is 2.71. The molecule has 4 aliphatic rings. The molecule has 4 aliphatic heterocycles. The minimum absolute atomic E-state index is 0.0823. The van der Waals surface area contributed by atoms with Gasteiger partial charge in [-0.05, 0) is 26.2 Å². The van der Waals surface area contributed by atoms with E-state index >= 15 is 0 Å². The summed E-state index contributed by atoms with van der Waals surface area (Å²) in [6.45, 7) is 15.9. The van der Waals surface area contributed by atoms with E-state index in [2.05, 4.69) is 18.1 Å². The maximum absolute atomic E-state index is 14.4. The Morgan fingerprint density at radius 1 is 1.30 bits per heavy atom. The number of carbonyl (C=O) groups is 3. The van der Waals surface area contributed by atoms with Crippen LogP contribution in [0.3, 0.4) is 0 Å². The van der Waals surface area contributed by atoms with Crippen LogP contribution in [0.1, 0.15) is 33.1 Å². The van der Waals surface area contributed by atoms with Crippen LogP contribution in [0.15, 0.2) is 25.3 Å². The van der Waals surface area contributed by atoms with Gasteiger partial charge in [0.15, 0.2) is 0 Å². The molecule has 10 heteroatoms. The fraction of sp³-hybridized carbons (Fsp3) is 0.741. The van der Waals surface area contributed by atoms with Crippen molar-refractivity contribution in [2.24, 2.45) is 11.8 Å². The van der Waals surface area contributed by atoms with E-state index in [1.54, 1.807) is 27.6 Å². The molecule has 1 spiro atoms. The number of hydrogen-bond donors (Lipinski definition) is 1. The number of likely N-dealkylation sites (tertiary alicyclic amines) is 1. The molecule has 4 fully saturated rings. The Bertz CT molecular complexity index is 907. The summed E-state index contributed by atoms with van der Waals surface area (Å²) in [7, 11) is 0. The molecule has 206 valence electrons. The number of fused-ring (bicyclic) bond motifs is 1.